The number of nitrogens with zero attached hydrogens (tertiary/aromatic N) is 1. The standard InChI is InChI=1S/C12H10ClN3O2.C9H6Cl4/c13-10-2-1-8(15-7-17)5-9(10)11(18)16-12(6-14)3-4-12;10-6-1-5(2-7(11)3-6)8-4-9(8,12)13/h1-2,5,7H,3-4H2,(H,15,17)(H,16,18);1-3,8H,4H2. The van der Waals surface area contributed by atoms with Crippen molar-refractivity contribution >= 4 is 76.0 Å². The van der Waals surface area contributed by atoms with E-state index in [1.165, 1.54) is 12.1 Å². The Kier molecular flexibility index (Phi) is 7.30. The number of nitrogens with one attached hydrogen (secondary N) is 2. The Bertz CT molecular complexity index is 1040. The molecule has 0 bridgehead atoms. The fourth-order valence-electron chi connectivity index (χ4n) is 2.88. The number of benzene rings is 2. The summed E-state index contributed by atoms with van der Waals surface area (Å²) in [5, 5.41) is 15.5. The molecule has 2 aromatic carbocycles. The van der Waals surface area contributed by atoms with Gasteiger partial charge < -0.3 is 10.6 Å². The monoisotopic (exact) mass is 517 g/mol. The summed E-state index contributed by atoms with van der Waals surface area (Å²) in [6.45, 7) is 0. The van der Waals surface area contributed by atoms with Gasteiger partial charge in [0, 0.05) is 21.7 Å². The molecule has 10 heteroatoms. The first kappa shape index (κ1) is 24.0. The third-order valence-electron chi connectivity index (χ3n) is 4.87. The Morgan fingerprint density at radius 1 is 1.10 bits per heavy atom. The first-order chi connectivity index (χ1) is 14.6. The lowest BCUT2D eigenvalue weighted by Gasteiger charge is -2.11. The lowest BCUT2D eigenvalue weighted by atomic mass is 10.1. The molecule has 1 atom stereocenters. The maximum Gasteiger partial charge on any atom is 0.254 e. The van der Waals surface area contributed by atoms with Crippen molar-refractivity contribution in [3.63, 3.8) is 0 Å². The Balaban J connectivity index is 0.000000185. The van der Waals surface area contributed by atoms with Crippen LogP contribution in [0, 0.1) is 11.3 Å². The zero-order valence-corrected chi connectivity index (χ0v) is 19.7. The van der Waals surface area contributed by atoms with Crippen LogP contribution >= 0.6 is 58.0 Å². The summed E-state index contributed by atoms with van der Waals surface area (Å²) >= 11 is 29.5. The molecule has 2 saturated carbocycles. The predicted octanol–water partition coefficient (Wildman–Crippen LogP) is 6.35. The molecule has 0 spiro atoms. The molecule has 162 valence electrons. The second-order valence-corrected chi connectivity index (χ2v) is 10.1. The Morgan fingerprint density at radius 3 is 2.19 bits per heavy atom. The summed E-state index contributed by atoms with van der Waals surface area (Å²) in [6, 6.07) is 12.0. The molecule has 2 aliphatic rings. The molecule has 2 aromatic rings. The normalized spacial score (nSPS) is 19.2. The van der Waals surface area contributed by atoms with Gasteiger partial charge in [-0.3, -0.25) is 9.59 Å². The molecule has 0 aliphatic heterocycles. The zero-order chi connectivity index (χ0) is 22.8. The van der Waals surface area contributed by atoms with Crippen molar-refractivity contribution in [3.05, 3.63) is 62.6 Å². The molecular formula is C21H16Cl5N3O2. The van der Waals surface area contributed by atoms with Crippen LogP contribution in [-0.2, 0) is 4.79 Å². The number of alkyl halides is 2. The number of halogens is 5. The van der Waals surface area contributed by atoms with Crippen molar-refractivity contribution in [2.24, 2.45) is 0 Å². The third-order valence-corrected chi connectivity index (χ3v) is 6.47. The van der Waals surface area contributed by atoms with Crippen molar-refractivity contribution < 1.29 is 9.59 Å². The number of hydrogen-bond acceptors (Lipinski definition) is 3. The highest BCUT2D eigenvalue weighted by atomic mass is 35.5. The van der Waals surface area contributed by atoms with Gasteiger partial charge in [-0.2, -0.15) is 5.26 Å². The number of carbonyl (C=O) groups excluding carboxylic acids is 2. The minimum Gasteiger partial charge on any atom is -0.334 e. The van der Waals surface area contributed by atoms with Gasteiger partial charge in [-0.15, -0.1) is 23.2 Å². The van der Waals surface area contributed by atoms with Crippen molar-refractivity contribution in [1.29, 1.82) is 5.26 Å². The van der Waals surface area contributed by atoms with Crippen LogP contribution in [0.2, 0.25) is 15.1 Å². The van der Waals surface area contributed by atoms with Gasteiger partial charge in [0.1, 0.15) is 9.87 Å². The minimum absolute atomic E-state index is 0.173. The molecule has 2 amide bonds. The van der Waals surface area contributed by atoms with Crippen LogP contribution in [0.25, 0.3) is 0 Å². The fraction of sp³-hybridized carbons (Fsp3) is 0.286. The van der Waals surface area contributed by atoms with Gasteiger partial charge in [0.05, 0.1) is 16.7 Å². The smallest absolute Gasteiger partial charge is 0.254 e. The van der Waals surface area contributed by atoms with E-state index in [-0.39, 0.29) is 16.5 Å². The Hall–Kier alpha value is -1.68. The number of hydrogen-bond donors (Lipinski definition) is 2. The molecule has 0 aromatic heterocycles. The van der Waals surface area contributed by atoms with Gasteiger partial charge in [-0.25, -0.2) is 0 Å². The van der Waals surface area contributed by atoms with Gasteiger partial charge >= 0.3 is 0 Å². The van der Waals surface area contributed by atoms with Crippen molar-refractivity contribution in [2.75, 3.05) is 5.32 Å². The van der Waals surface area contributed by atoms with Crippen molar-refractivity contribution in [2.45, 2.75) is 35.1 Å². The van der Waals surface area contributed by atoms with E-state index in [2.05, 4.69) is 16.7 Å². The summed E-state index contributed by atoms with van der Waals surface area (Å²) in [7, 11) is 0. The number of carbonyl (C=O) groups is 2. The van der Waals surface area contributed by atoms with Gasteiger partial charge in [0.2, 0.25) is 6.41 Å². The molecular weight excluding hydrogens is 504 g/mol. The van der Waals surface area contributed by atoms with Crippen molar-refractivity contribution in [3.8, 4) is 6.07 Å². The summed E-state index contributed by atoms with van der Waals surface area (Å²) < 4.78 is -0.617. The minimum atomic E-state index is -0.742. The van der Waals surface area contributed by atoms with Crippen LogP contribution in [0.1, 0.15) is 41.1 Å². The SMILES string of the molecule is Clc1cc(Cl)cc(C2CC2(Cl)Cl)c1.N#CC1(NC(=O)c2cc(NC=O)ccc2Cl)CC1. The van der Waals surface area contributed by atoms with Gasteiger partial charge in [0.15, 0.2) is 0 Å². The lowest BCUT2D eigenvalue weighted by Crippen LogP contribution is -2.35. The summed E-state index contributed by atoms with van der Waals surface area (Å²) in [5.41, 5.74) is 0.989. The van der Waals surface area contributed by atoms with Crippen LogP contribution in [0.15, 0.2) is 36.4 Å². The van der Waals surface area contributed by atoms with E-state index in [0.29, 0.717) is 35.0 Å². The van der Waals surface area contributed by atoms with Crippen LogP contribution in [0.5, 0.6) is 0 Å². The highest BCUT2D eigenvalue weighted by Crippen LogP contribution is 2.59. The van der Waals surface area contributed by atoms with E-state index in [1.54, 1.807) is 12.1 Å². The van der Waals surface area contributed by atoms with Gasteiger partial charge in [-0.1, -0.05) is 34.8 Å². The average molecular weight is 520 g/mol. The van der Waals surface area contributed by atoms with Crippen LogP contribution in [-0.4, -0.2) is 22.2 Å². The highest BCUT2D eigenvalue weighted by molar-refractivity contribution is 6.51. The van der Waals surface area contributed by atoms with Crippen LogP contribution in [0.3, 0.4) is 0 Å². The van der Waals surface area contributed by atoms with E-state index in [4.69, 9.17) is 63.3 Å². The summed E-state index contributed by atoms with van der Waals surface area (Å²) in [4.78, 5) is 22.3. The number of anilines is 1. The molecule has 2 fully saturated rings. The molecule has 2 aliphatic carbocycles. The average Bonchev–Trinajstić information content (AvgIpc) is 3.60. The molecule has 5 nitrogen and oxygen atoms in total. The first-order valence-corrected chi connectivity index (χ1v) is 11.1. The quantitative estimate of drug-likeness (QED) is 0.357. The second kappa shape index (κ2) is 9.44. The maximum absolute atomic E-state index is 12.0. The molecule has 0 radical (unpaired) electrons. The second-order valence-electron chi connectivity index (χ2n) is 7.33. The molecule has 31 heavy (non-hydrogen) atoms. The lowest BCUT2D eigenvalue weighted by molar-refractivity contribution is -0.105. The Morgan fingerprint density at radius 2 is 1.71 bits per heavy atom. The fourth-order valence-corrected chi connectivity index (χ4v) is 4.19. The van der Waals surface area contributed by atoms with E-state index in [9.17, 15) is 9.59 Å². The molecule has 4 rings (SSSR count). The van der Waals surface area contributed by atoms with E-state index in [0.717, 1.165) is 12.0 Å². The number of nitriles is 1. The highest BCUT2D eigenvalue weighted by Gasteiger charge is 2.52. The molecule has 0 heterocycles. The first-order valence-electron chi connectivity index (χ1n) is 9.16. The zero-order valence-electron chi connectivity index (χ0n) is 15.9. The predicted molar refractivity (Wildman–Crippen MR) is 124 cm³/mol. The molecule has 0 saturated heterocycles. The van der Waals surface area contributed by atoms with Gasteiger partial charge in [-0.05, 0) is 61.2 Å². The maximum atomic E-state index is 12.0. The Labute approximate surface area is 204 Å². The van der Waals surface area contributed by atoms with Crippen LogP contribution in [0.4, 0.5) is 5.69 Å². The van der Waals surface area contributed by atoms with E-state index < -0.39 is 15.8 Å². The number of amides is 2. The molecule has 1 unspecified atom stereocenters. The van der Waals surface area contributed by atoms with E-state index >= 15 is 0 Å². The summed E-state index contributed by atoms with van der Waals surface area (Å²) in [6.07, 6.45) is 2.59. The molecule has 2 N–H and O–H groups in total. The topological polar surface area (TPSA) is 82.0 Å². The van der Waals surface area contributed by atoms with Crippen molar-refractivity contribution in [1.82, 2.24) is 5.32 Å². The summed E-state index contributed by atoms with van der Waals surface area (Å²) in [5.74, 6) is -0.236. The van der Waals surface area contributed by atoms with E-state index in [1.807, 2.05) is 12.1 Å². The third kappa shape index (κ3) is 6.19. The van der Waals surface area contributed by atoms with Gasteiger partial charge in [0.25, 0.3) is 5.91 Å². The number of rotatable bonds is 5. The van der Waals surface area contributed by atoms with Crippen LogP contribution < -0.4 is 10.6 Å². The largest absolute Gasteiger partial charge is 0.334 e.